The van der Waals surface area contributed by atoms with Crippen LogP contribution in [0.2, 0.25) is 0 Å². The number of aromatic nitrogens is 4. The number of allylic oxidation sites excluding steroid dienone is 1. The quantitative estimate of drug-likeness (QED) is 0.669. The average Bonchev–Trinajstić information content (AvgIpc) is 3.05. The van der Waals surface area contributed by atoms with Crippen molar-refractivity contribution in [1.29, 1.82) is 0 Å². The zero-order valence-corrected chi connectivity index (χ0v) is 14.2. The summed E-state index contributed by atoms with van der Waals surface area (Å²) in [6.45, 7) is 0. The van der Waals surface area contributed by atoms with Gasteiger partial charge in [0.2, 0.25) is 0 Å². The first-order chi connectivity index (χ1) is 9.13. The molecular formula is C9H7BBr3N6. The SMILES string of the molecule is BrC1=CN([BH-](n2cc(Br)cn2)n2cc(Br)cn2)[N+]=C1. The van der Waals surface area contributed by atoms with Crippen LogP contribution in [0.4, 0.5) is 0 Å². The molecular weight excluding hydrogens is 443 g/mol. The van der Waals surface area contributed by atoms with Gasteiger partial charge in [0.25, 0.3) is 6.21 Å². The van der Waals surface area contributed by atoms with Crippen LogP contribution < -0.4 is 5.10 Å². The van der Waals surface area contributed by atoms with E-state index in [0.717, 1.165) is 13.4 Å². The van der Waals surface area contributed by atoms with E-state index in [1.165, 1.54) is 0 Å². The molecule has 0 unspecified atom stereocenters. The largest absolute Gasteiger partial charge is 0.399 e. The summed E-state index contributed by atoms with van der Waals surface area (Å²) in [6.07, 6.45) is 11.0. The fourth-order valence-corrected chi connectivity index (χ4v) is 2.91. The van der Waals surface area contributed by atoms with Crippen molar-refractivity contribution in [1.82, 2.24) is 29.4 Å². The van der Waals surface area contributed by atoms with Crippen molar-refractivity contribution in [3.8, 4) is 0 Å². The summed E-state index contributed by atoms with van der Waals surface area (Å²) in [5.41, 5.74) is 0. The Kier molecular flexibility index (Phi) is 3.63. The molecule has 0 spiro atoms. The third-order valence-corrected chi connectivity index (χ3v) is 3.90. The summed E-state index contributed by atoms with van der Waals surface area (Å²) >= 11 is 10.2. The van der Waals surface area contributed by atoms with Gasteiger partial charge in [-0.1, -0.05) is 0 Å². The van der Waals surface area contributed by atoms with Crippen LogP contribution in [0, 0.1) is 0 Å². The van der Waals surface area contributed by atoms with E-state index in [1.807, 2.05) is 32.7 Å². The number of halogens is 3. The minimum absolute atomic E-state index is 0.919. The Hall–Kier alpha value is -0.865. The first-order valence-corrected chi connectivity index (χ1v) is 7.78. The lowest BCUT2D eigenvalue weighted by atomic mass is 9.94. The van der Waals surface area contributed by atoms with Gasteiger partial charge in [0, 0.05) is 6.20 Å². The molecule has 0 fully saturated rings. The fourth-order valence-electron chi connectivity index (χ4n) is 1.92. The second-order valence-corrected chi connectivity index (χ2v) is 6.77. The third kappa shape index (κ3) is 2.70. The van der Waals surface area contributed by atoms with E-state index in [2.05, 4.69) is 63.1 Å². The normalized spacial score (nSPS) is 14.5. The third-order valence-electron chi connectivity index (χ3n) is 2.67. The molecule has 1 aliphatic heterocycles. The van der Waals surface area contributed by atoms with Gasteiger partial charge in [0.05, 0.1) is 21.3 Å². The number of nitrogens with zero attached hydrogens (tertiary/aromatic N) is 6. The molecule has 0 aliphatic carbocycles. The van der Waals surface area contributed by atoms with E-state index in [4.69, 9.17) is 0 Å². The molecule has 1 aliphatic rings. The van der Waals surface area contributed by atoms with Crippen LogP contribution in [0.25, 0.3) is 0 Å². The molecule has 0 N–H and O–H groups in total. The Morgan fingerprint density at radius 3 is 1.95 bits per heavy atom. The summed E-state index contributed by atoms with van der Waals surface area (Å²) in [5.74, 6) is 0. The molecule has 0 saturated heterocycles. The van der Waals surface area contributed by atoms with E-state index in [-0.39, 0.29) is 0 Å². The van der Waals surface area contributed by atoms with Crippen LogP contribution in [-0.2, 0) is 0 Å². The summed E-state index contributed by atoms with van der Waals surface area (Å²) < 4.78 is 6.46. The molecule has 0 bridgehead atoms. The fraction of sp³-hybridized carbons (Fsp3) is 0. The molecule has 19 heavy (non-hydrogen) atoms. The summed E-state index contributed by atoms with van der Waals surface area (Å²) in [6, 6.07) is 0. The maximum Gasteiger partial charge on any atom is 0.374 e. The van der Waals surface area contributed by atoms with Crippen LogP contribution >= 0.6 is 47.8 Å². The van der Waals surface area contributed by atoms with Gasteiger partial charge in [-0.15, -0.1) is 0 Å². The molecule has 0 amide bonds. The smallest absolute Gasteiger partial charge is 0.374 e. The van der Waals surface area contributed by atoms with Crippen LogP contribution in [0.15, 0.2) is 44.4 Å². The van der Waals surface area contributed by atoms with Crippen molar-refractivity contribution < 1.29 is 0 Å². The Morgan fingerprint density at radius 1 is 1.00 bits per heavy atom. The molecule has 10 heteroatoms. The number of hydrazone groups is 1. The average molecular weight is 450 g/mol. The second-order valence-electron chi connectivity index (χ2n) is 4.02. The number of hydrogen-bond donors (Lipinski definition) is 0. The highest BCUT2D eigenvalue weighted by molar-refractivity contribution is 9.12. The van der Waals surface area contributed by atoms with E-state index in [9.17, 15) is 0 Å². The van der Waals surface area contributed by atoms with Gasteiger partial charge in [0.1, 0.15) is 9.58 Å². The van der Waals surface area contributed by atoms with Crippen molar-refractivity contribution in [3.63, 3.8) is 0 Å². The molecule has 2 aromatic heterocycles. The van der Waals surface area contributed by atoms with Gasteiger partial charge in [-0.3, -0.25) is 0 Å². The lowest BCUT2D eigenvalue weighted by Gasteiger charge is -2.25. The van der Waals surface area contributed by atoms with Crippen LogP contribution in [-0.4, -0.2) is 37.6 Å². The highest BCUT2D eigenvalue weighted by Gasteiger charge is 2.27. The molecule has 97 valence electrons. The Balaban J connectivity index is 2.03. The number of rotatable bonds is 3. The molecule has 3 rings (SSSR count). The van der Waals surface area contributed by atoms with E-state index < -0.39 is 7.12 Å². The predicted molar refractivity (Wildman–Crippen MR) is 84.8 cm³/mol. The van der Waals surface area contributed by atoms with Crippen LogP contribution in [0.5, 0.6) is 0 Å². The summed E-state index contributed by atoms with van der Waals surface area (Å²) in [4.78, 5) is 1.85. The van der Waals surface area contributed by atoms with Crippen molar-refractivity contribution in [2.75, 3.05) is 0 Å². The van der Waals surface area contributed by atoms with Gasteiger partial charge in [-0.25, -0.2) is 15.1 Å². The summed E-state index contributed by atoms with van der Waals surface area (Å²) in [5, 5.41) is 13.0. The minimum atomic E-state index is -1.27. The Morgan fingerprint density at radius 2 is 1.58 bits per heavy atom. The van der Waals surface area contributed by atoms with Crippen LogP contribution in [0.1, 0.15) is 0 Å². The maximum atomic E-state index is 4.34. The molecule has 1 radical (unpaired) electrons. The second kappa shape index (κ2) is 5.26. The van der Waals surface area contributed by atoms with Crippen molar-refractivity contribution in [2.45, 2.75) is 0 Å². The molecule has 6 nitrogen and oxygen atoms in total. The molecule has 2 aromatic rings. The Labute approximate surface area is 134 Å². The van der Waals surface area contributed by atoms with Crippen molar-refractivity contribution in [3.05, 3.63) is 44.4 Å². The van der Waals surface area contributed by atoms with Crippen molar-refractivity contribution >= 4 is 61.1 Å². The highest BCUT2D eigenvalue weighted by Crippen LogP contribution is 2.14. The van der Waals surface area contributed by atoms with Gasteiger partial charge < -0.3 is 9.19 Å². The molecule has 0 aromatic carbocycles. The molecule has 0 atom stereocenters. The lowest BCUT2D eigenvalue weighted by Crippen LogP contribution is -2.49. The van der Waals surface area contributed by atoms with E-state index in [1.54, 1.807) is 18.6 Å². The molecule has 0 saturated carbocycles. The van der Waals surface area contributed by atoms with E-state index in [0.29, 0.717) is 0 Å². The first kappa shape index (κ1) is 13.1. The summed E-state index contributed by atoms with van der Waals surface area (Å²) in [7, 11) is -1.27. The van der Waals surface area contributed by atoms with Gasteiger partial charge >= 0.3 is 7.12 Å². The van der Waals surface area contributed by atoms with E-state index >= 15 is 0 Å². The Bertz CT molecular complexity index is 622. The maximum absolute atomic E-state index is 4.34. The first-order valence-electron chi connectivity index (χ1n) is 5.40. The zero-order valence-electron chi connectivity index (χ0n) is 9.49. The topological polar surface area (TPSA) is 53.0 Å². The highest BCUT2D eigenvalue weighted by atomic mass is 79.9. The monoisotopic (exact) mass is 447 g/mol. The zero-order chi connectivity index (χ0) is 13.4. The number of hydrogen-bond acceptors (Lipinski definition) is 4. The van der Waals surface area contributed by atoms with Crippen LogP contribution in [0.3, 0.4) is 0 Å². The van der Waals surface area contributed by atoms with Crippen molar-refractivity contribution in [2.24, 2.45) is 0 Å². The van der Waals surface area contributed by atoms with Gasteiger partial charge in [0.15, 0.2) is 0 Å². The van der Waals surface area contributed by atoms with Gasteiger partial charge in [-0.05, 0) is 60.2 Å². The molecule has 3 heterocycles. The minimum Gasteiger partial charge on any atom is -0.399 e. The van der Waals surface area contributed by atoms with Gasteiger partial charge in [-0.2, -0.15) is 0 Å². The standard InChI is InChI=1S/C9H7BBr3N6/c11-7-1-14-17(4-7)10(18-5-8(12)2-15-18)19-6-9(13)3-16-19/h1-6,10H. The lowest BCUT2D eigenvalue weighted by molar-refractivity contribution is 0.520. The predicted octanol–water partition coefficient (Wildman–Crippen LogP) is 1.59.